The molecule has 0 saturated carbocycles. The standard InChI is InChI=1S/C19H25N3O3/c1-13-2-4-14(5-3-13)12-18(24)22-10-8-15(9-11-22)20-19(25)16-6-7-17(23)21-16/h2-5,15-16H,6-12H2,1H3,(H,20,25)(H,21,23). The van der Waals surface area contributed by atoms with Crippen LogP contribution >= 0.6 is 0 Å². The number of hydrogen-bond donors (Lipinski definition) is 2. The first-order valence-electron chi connectivity index (χ1n) is 8.94. The van der Waals surface area contributed by atoms with Crippen LogP contribution in [0.5, 0.6) is 0 Å². The maximum Gasteiger partial charge on any atom is 0.242 e. The van der Waals surface area contributed by atoms with Crippen molar-refractivity contribution in [3.63, 3.8) is 0 Å². The molecule has 0 aliphatic carbocycles. The average Bonchev–Trinajstić information content (AvgIpc) is 3.04. The fraction of sp³-hybridized carbons (Fsp3) is 0.526. The molecule has 25 heavy (non-hydrogen) atoms. The maximum absolute atomic E-state index is 12.4. The molecular weight excluding hydrogens is 318 g/mol. The summed E-state index contributed by atoms with van der Waals surface area (Å²) in [4.78, 5) is 37.6. The molecule has 134 valence electrons. The topological polar surface area (TPSA) is 78.5 Å². The Kier molecular flexibility index (Phi) is 5.36. The predicted molar refractivity (Wildman–Crippen MR) is 93.8 cm³/mol. The minimum Gasteiger partial charge on any atom is -0.351 e. The monoisotopic (exact) mass is 343 g/mol. The lowest BCUT2D eigenvalue weighted by Crippen LogP contribution is -2.50. The molecule has 1 atom stereocenters. The Labute approximate surface area is 148 Å². The number of carbonyl (C=O) groups excluding carboxylic acids is 3. The molecule has 2 N–H and O–H groups in total. The average molecular weight is 343 g/mol. The first kappa shape index (κ1) is 17.5. The second kappa shape index (κ2) is 7.68. The van der Waals surface area contributed by atoms with Gasteiger partial charge in [-0.05, 0) is 31.7 Å². The van der Waals surface area contributed by atoms with Crippen LogP contribution in [0.25, 0.3) is 0 Å². The van der Waals surface area contributed by atoms with Gasteiger partial charge in [0.25, 0.3) is 0 Å². The zero-order valence-electron chi connectivity index (χ0n) is 14.6. The van der Waals surface area contributed by atoms with E-state index in [1.165, 1.54) is 5.56 Å². The molecule has 0 radical (unpaired) electrons. The van der Waals surface area contributed by atoms with E-state index in [9.17, 15) is 14.4 Å². The number of nitrogens with one attached hydrogen (secondary N) is 2. The van der Waals surface area contributed by atoms with Crippen molar-refractivity contribution >= 4 is 17.7 Å². The van der Waals surface area contributed by atoms with E-state index in [4.69, 9.17) is 0 Å². The zero-order valence-corrected chi connectivity index (χ0v) is 14.6. The molecular formula is C19H25N3O3. The van der Waals surface area contributed by atoms with E-state index >= 15 is 0 Å². The SMILES string of the molecule is Cc1ccc(CC(=O)N2CCC(NC(=O)C3CCC(=O)N3)CC2)cc1. The van der Waals surface area contributed by atoms with E-state index < -0.39 is 6.04 Å². The largest absolute Gasteiger partial charge is 0.351 e. The fourth-order valence-electron chi connectivity index (χ4n) is 3.38. The first-order chi connectivity index (χ1) is 12.0. The van der Waals surface area contributed by atoms with Crippen LogP contribution in [-0.4, -0.2) is 47.8 Å². The number of rotatable bonds is 4. The van der Waals surface area contributed by atoms with Crippen LogP contribution < -0.4 is 10.6 Å². The van der Waals surface area contributed by atoms with Crippen LogP contribution in [0.1, 0.15) is 36.8 Å². The molecule has 0 bridgehead atoms. The summed E-state index contributed by atoms with van der Waals surface area (Å²) in [7, 11) is 0. The predicted octanol–water partition coefficient (Wildman–Crippen LogP) is 0.923. The summed E-state index contributed by atoms with van der Waals surface area (Å²) < 4.78 is 0. The third-order valence-corrected chi connectivity index (χ3v) is 4.98. The Hall–Kier alpha value is -2.37. The quantitative estimate of drug-likeness (QED) is 0.853. The minimum absolute atomic E-state index is 0.0586. The van der Waals surface area contributed by atoms with Gasteiger partial charge in [-0.25, -0.2) is 0 Å². The van der Waals surface area contributed by atoms with Crippen molar-refractivity contribution in [3.8, 4) is 0 Å². The van der Waals surface area contributed by atoms with E-state index in [1.807, 2.05) is 36.1 Å². The number of carbonyl (C=O) groups is 3. The van der Waals surface area contributed by atoms with Crippen molar-refractivity contribution < 1.29 is 14.4 Å². The van der Waals surface area contributed by atoms with Gasteiger partial charge in [0.2, 0.25) is 17.7 Å². The third-order valence-electron chi connectivity index (χ3n) is 4.98. The van der Waals surface area contributed by atoms with Gasteiger partial charge in [-0.1, -0.05) is 29.8 Å². The number of benzene rings is 1. The molecule has 3 rings (SSSR count). The van der Waals surface area contributed by atoms with Crippen molar-refractivity contribution in [2.45, 2.75) is 51.1 Å². The maximum atomic E-state index is 12.4. The van der Waals surface area contributed by atoms with Gasteiger partial charge in [-0.3, -0.25) is 14.4 Å². The summed E-state index contributed by atoms with van der Waals surface area (Å²) in [5.74, 6) is -0.0244. The summed E-state index contributed by atoms with van der Waals surface area (Å²) in [6.07, 6.45) is 2.92. The van der Waals surface area contributed by atoms with Crippen LogP contribution in [0.2, 0.25) is 0 Å². The molecule has 2 fully saturated rings. The smallest absolute Gasteiger partial charge is 0.242 e. The first-order valence-corrected chi connectivity index (χ1v) is 8.94. The van der Waals surface area contributed by atoms with Crippen molar-refractivity contribution in [1.29, 1.82) is 0 Å². The van der Waals surface area contributed by atoms with Gasteiger partial charge >= 0.3 is 0 Å². The minimum atomic E-state index is -0.395. The molecule has 0 spiro atoms. The van der Waals surface area contributed by atoms with E-state index in [1.54, 1.807) is 0 Å². The van der Waals surface area contributed by atoms with Gasteiger partial charge < -0.3 is 15.5 Å². The van der Waals surface area contributed by atoms with Gasteiger partial charge in [-0.2, -0.15) is 0 Å². The number of hydrogen-bond acceptors (Lipinski definition) is 3. The number of likely N-dealkylation sites (tertiary alicyclic amines) is 1. The molecule has 6 nitrogen and oxygen atoms in total. The van der Waals surface area contributed by atoms with Crippen LogP contribution in [0.15, 0.2) is 24.3 Å². The summed E-state index contributed by atoms with van der Waals surface area (Å²) in [5, 5.41) is 5.69. The lowest BCUT2D eigenvalue weighted by atomic mass is 10.0. The van der Waals surface area contributed by atoms with E-state index in [0.29, 0.717) is 32.4 Å². The number of amides is 3. The zero-order chi connectivity index (χ0) is 17.8. The molecule has 3 amide bonds. The van der Waals surface area contributed by atoms with Gasteiger partial charge in [-0.15, -0.1) is 0 Å². The second-order valence-corrected chi connectivity index (χ2v) is 6.98. The van der Waals surface area contributed by atoms with E-state index in [2.05, 4.69) is 10.6 Å². The van der Waals surface area contributed by atoms with Crippen molar-refractivity contribution in [3.05, 3.63) is 35.4 Å². The van der Waals surface area contributed by atoms with Crippen molar-refractivity contribution in [2.75, 3.05) is 13.1 Å². The van der Waals surface area contributed by atoms with Gasteiger partial charge in [0.15, 0.2) is 0 Å². The van der Waals surface area contributed by atoms with Crippen molar-refractivity contribution in [1.82, 2.24) is 15.5 Å². The Morgan fingerprint density at radius 3 is 2.44 bits per heavy atom. The van der Waals surface area contributed by atoms with Gasteiger partial charge in [0.1, 0.15) is 6.04 Å². The number of aryl methyl sites for hydroxylation is 1. The van der Waals surface area contributed by atoms with Gasteiger partial charge in [0.05, 0.1) is 6.42 Å². The lowest BCUT2D eigenvalue weighted by Gasteiger charge is -2.33. The Balaban J connectivity index is 1.43. The van der Waals surface area contributed by atoms with Crippen LogP contribution in [0, 0.1) is 6.92 Å². The summed E-state index contributed by atoms with van der Waals surface area (Å²) in [6.45, 7) is 3.35. The molecule has 1 aromatic rings. The number of piperidine rings is 1. The molecule has 0 aromatic heterocycles. The summed E-state index contributed by atoms with van der Waals surface area (Å²) in [6, 6.07) is 7.71. The Morgan fingerprint density at radius 1 is 1.16 bits per heavy atom. The highest BCUT2D eigenvalue weighted by Crippen LogP contribution is 2.14. The van der Waals surface area contributed by atoms with Crippen LogP contribution in [0.4, 0.5) is 0 Å². The number of nitrogens with zero attached hydrogens (tertiary/aromatic N) is 1. The molecule has 2 aliphatic heterocycles. The van der Waals surface area contributed by atoms with Gasteiger partial charge in [0, 0.05) is 25.6 Å². The molecule has 2 aliphatic rings. The molecule has 6 heteroatoms. The summed E-state index contributed by atoms with van der Waals surface area (Å²) in [5.41, 5.74) is 2.22. The molecule has 1 unspecified atom stereocenters. The third kappa shape index (κ3) is 4.59. The highest BCUT2D eigenvalue weighted by atomic mass is 16.2. The van der Waals surface area contributed by atoms with E-state index in [0.717, 1.165) is 18.4 Å². The Bertz CT molecular complexity index is 648. The summed E-state index contributed by atoms with van der Waals surface area (Å²) >= 11 is 0. The molecule has 2 saturated heterocycles. The highest BCUT2D eigenvalue weighted by Gasteiger charge is 2.30. The lowest BCUT2D eigenvalue weighted by molar-refractivity contribution is -0.132. The highest BCUT2D eigenvalue weighted by molar-refractivity contribution is 5.90. The normalized spacial score (nSPS) is 21.1. The molecule has 1 aromatic carbocycles. The fourth-order valence-corrected chi connectivity index (χ4v) is 3.38. The Morgan fingerprint density at radius 2 is 1.84 bits per heavy atom. The van der Waals surface area contributed by atoms with E-state index in [-0.39, 0.29) is 23.8 Å². The van der Waals surface area contributed by atoms with Crippen molar-refractivity contribution in [2.24, 2.45) is 0 Å². The molecule has 2 heterocycles. The van der Waals surface area contributed by atoms with Crippen LogP contribution in [-0.2, 0) is 20.8 Å². The van der Waals surface area contributed by atoms with Crippen LogP contribution in [0.3, 0.4) is 0 Å². The second-order valence-electron chi connectivity index (χ2n) is 6.98.